The van der Waals surface area contributed by atoms with Crippen LogP contribution in [0.4, 0.5) is 11.5 Å². The van der Waals surface area contributed by atoms with Crippen LogP contribution in [-0.4, -0.2) is 42.0 Å². The lowest BCUT2D eigenvalue weighted by atomic mass is 10.3. The van der Waals surface area contributed by atoms with Crippen molar-refractivity contribution in [3.05, 3.63) is 24.4 Å². The van der Waals surface area contributed by atoms with Crippen LogP contribution in [0.15, 0.2) is 24.4 Å². The molecule has 0 atom stereocenters. The lowest BCUT2D eigenvalue weighted by Gasteiger charge is -2.09. The second kappa shape index (κ2) is 6.76. The van der Waals surface area contributed by atoms with Gasteiger partial charge in [0.15, 0.2) is 0 Å². The second-order valence-electron chi connectivity index (χ2n) is 4.80. The first kappa shape index (κ1) is 14.8. The first-order valence-corrected chi connectivity index (χ1v) is 8.04. The van der Waals surface area contributed by atoms with E-state index in [1.165, 1.54) is 0 Å². The van der Waals surface area contributed by atoms with Crippen LogP contribution in [0.5, 0.6) is 0 Å². The van der Waals surface area contributed by atoms with E-state index >= 15 is 0 Å². The molecule has 0 amide bonds. The van der Waals surface area contributed by atoms with Crippen molar-refractivity contribution in [1.82, 2.24) is 15.2 Å². The zero-order valence-electron chi connectivity index (χ0n) is 12.6. The Balaban J connectivity index is 2.01. The molecule has 0 saturated heterocycles. The Bertz CT molecular complexity index is 738. The standard InChI is InChI=1S/C15H19N5OS/c1-3-16-14-9-11(17-6-7-21-2)15-12(19-14)8-13(22-15)10-4-5-18-20-10/h4-5,8-9H,3,6-7H2,1-2H3,(H,18,20)(H2,16,17,19). The van der Waals surface area contributed by atoms with Gasteiger partial charge < -0.3 is 15.4 Å². The minimum absolute atomic E-state index is 0.666. The quantitative estimate of drug-likeness (QED) is 0.584. The molecule has 3 rings (SSSR count). The van der Waals surface area contributed by atoms with Crippen LogP contribution < -0.4 is 10.6 Å². The number of aromatic nitrogens is 3. The molecule has 0 aliphatic heterocycles. The number of fused-ring (bicyclic) bond motifs is 1. The van der Waals surface area contributed by atoms with E-state index in [4.69, 9.17) is 4.74 Å². The molecule has 0 saturated carbocycles. The van der Waals surface area contributed by atoms with E-state index in [2.05, 4.69) is 44.9 Å². The maximum absolute atomic E-state index is 5.11. The first-order valence-electron chi connectivity index (χ1n) is 7.23. The van der Waals surface area contributed by atoms with E-state index in [1.54, 1.807) is 24.6 Å². The largest absolute Gasteiger partial charge is 0.383 e. The molecular formula is C15H19N5OS. The van der Waals surface area contributed by atoms with E-state index in [0.717, 1.165) is 45.4 Å². The lowest BCUT2D eigenvalue weighted by Crippen LogP contribution is -2.08. The van der Waals surface area contributed by atoms with Crippen molar-refractivity contribution in [3.63, 3.8) is 0 Å². The van der Waals surface area contributed by atoms with Crippen LogP contribution in [-0.2, 0) is 4.74 Å². The van der Waals surface area contributed by atoms with Crippen molar-refractivity contribution in [2.45, 2.75) is 6.92 Å². The number of anilines is 2. The minimum atomic E-state index is 0.666. The summed E-state index contributed by atoms with van der Waals surface area (Å²) < 4.78 is 6.25. The SMILES string of the molecule is CCNc1cc(NCCOC)c2sc(-c3ccn[nH]3)cc2n1. The number of thiophene rings is 1. The van der Waals surface area contributed by atoms with Crippen LogP contribution in [0, 0.1) is 0 Å². The number of nitrogens with one attached hydrogen (secondary N) is 3. The number of nitrogens with zero attached hydrogens (tertiary/aromatic N) is 2. The summed E-state index contributed by atoms with van der Waals surface area (Å²) in [5.74, 6) is 0.879. The molecule has 0 aromatic carbocycles. The molecular weight excluding hydrogens is 298 g/mol. The van der Waals surface area contributed by atoms with Crippen LogP contribution in [0.2, 0.25) is 0 Å². The van der Waals surface area contributed by atoms with E-state index in [1.807, 2.05) is 6.07 Å². The van der Waals surface area contributed by atoms with E-state index < -0.39 is 0 Å². The molecule has 3 N–H and O–H groups in total. The summed E-state index contributed by atoms with van der Waals surface area (Å²) in [4.78, 5) is 5.81. The van der Waals surface area contributed by atoms with Gasteiger partial charge in [-0.25, -0.2) is 4.98 Å². The monoisotopic (exact) mass is 317 g/mol. The molecule has 116 valence electrons. The first-order chi connectivity index (χ1) is 10.8. The molecule has 3 heterocycles. The van der Waals surface area contributed by atoms with E-state index in [0.29, 0.717) is 6.61 Å². The molecule has 0 unspecified atom stereocenters. The Hall–Kier alpha value is -2.12. The van der Waals surface area contributed by atoms with Gasteiger partial charge >= 0.3 is 0 Å². The van der Waals surface area contributed by atoms with Gasteiger partial charge in [0.1, 0.15) is 5.82 Å². The maximum Gasteiger partial charge on any atom is 0.128 e. The summed E-state index contributed by atoms with van der Waals surface area (Å²) in [5, 5.41) is 13.7. The van der Waals surface area contributed by atoms with Gasteiger partial charge in [0.25, 0.3) is 0 Å². The van der Waals surface area contributed by atoms with Crippen molar-refractivity contribution in [1.29, 1.82) is 0 Å². The molecule has 6 nitrogen and oxygen atoms in total. The molecule has 0 aliphatic carbocycles. The number of aromatic amines is 1. The normalized spacial score (nSPS) is 11.0. The zero-order chi connectivity index (χ0) is 15.4. The van der Waals surface area contributed by atoms with Crippen molar-refractivity contribution in [2.24, 2.45) is 0 Å². The maximum atomic E-state index is 5.11. The van der Waals surface area contributed by atoms with Gasteiger partial charge in [-0.05, 0) is 19.1 Å². The Morgan fingerprint density at radius 2 is 2.23 bits per heavy atom. The van der Waals surface area contributed by atoms with Gasteiger partial charge in [-0.3, -0.25) is 5.10 Å². The lowest BCUT2D eigenvalue weighted by molar-refractivity contribution is 0.211. The molecule has 3 aromatic heterocycles. The summed E-state index contributed by atoms with van der Waals surface area (Å²) in [6, 6.07) is 6.11. The molecule has 22 heavy (non-hydrogen) atoms. The third-order valence-corrected chi connectivity index (χ3v) is 4.42. The average molecular weight is 317 g/mol. The molecule has 0 spiro atoms. The average Bonchev–Trinajstić information content (AvgIpc) is 3.16. The number of hydrogen-bond acceptors (Lipinski definition) is 6. The van der Waals surface area contributed by atoms with Crippen molar-refractivity contribution in [3.8, 4) is 10.6 Å². The Morgan fingerprint density at radius 3 is 2.95 bits per heavy atom. The number of H-pyrrole nitrogens is 1. The Morgan fingerprint density at radius 1 is 1.32 bits per heavy atom. The second-order valence-corrected chi connectivity index (χ2v) is 5.85. The molecule has 0 bridgehead atoms. The predicted molar refractivity (Wildman–Crippen MR) is 91.7 cm³/mol. The summed E-state index contributed by atoms with van der Waals surface area (Å²) in [6.07, 6.45) is 1.76. The number of methoxy groups -OCH3 is 1. The number of hydrogen-bond donors (Lipinski definition) is 3. The van der Waals surface area contributed by atoms with Gasteiger partial charge in [-0.2, -0.15) is 5.10 Å². The molecule has 0 radical (unpaired) electrons. The van der Waals surface area contributed by atoms with Crippen molar-refractivity contribution < 1.29 is 4.74 Å². The van der Waals surface area contributed by atoms with Gasteiger partial charge in [0.2, 0.25) is 0 Å². The topological polar surface area (TPSA) is 74.9 Å². The summed E-state index contributed by atoms with van der Waals surface area (Å²) in [7, 11) is 1.70. The van der Waals surface area contributed by atoms with Gasteiger partial charge in [0, 0.05) is 32.5 Å². The molecule has 0 aliphatic rings. The van der Waals surface area contributed by atoms with Crippen molar-refractivity contribution in [2.75, 3.05) is 37.4 Å². The van der Waals surface area contributed by atoms with Gasteiger partial charge in [-0.15, -0.1) is 11.3 Å². The molecule has 7 heteroatoms. The van der Waals surface area contributed by atoms with Crippen LogP contribution in [0.3, 0.4) is 0 Å². The summed E-state index contributed by atoms with van der Waals surface area (Å²) in [6.45, 7) is 4.33. The fraction of sp³-hybridized carbons (Fsp3) is 0.333. The Kier molecular flexibility index (Phi) is 4.55. The number of ether oxygens (including phenoxy) is 1. The van der Waals surface area contributed by atoms with Crippen LogP contribution in [0.25, 0.3) is 20.8 Å². The molecule has 0 fully saturated rings. The highest BCUT2D eigenvalue weighted by molar-refractivity contribution is 7.22. The Labute approximate surface area is 132 Å². The summed E-state index contributed by atoms with van der Waals surface area (Å²) >= 11 is 1.70. The number of rotatable bonds is 7. The predicted octanol–water partition coefficient (Wildman–Crippen LogP) is 3.18. The minimum Gasteiger partial charge on any atom is -0.383 e. The number of pyridine rings is 1. The summed E-state index contributed by atoms with van der Waals surface area (Å²) in [5.41, 5.74) is 3.07. The van der Waals surface area contributed by atoms with Gasteiger partial charge in [0.05, 0.1) is 33.1 Å². The van der Waals surface area contributed by atoms with Crippen LogP contribution in [0.1, 0.15) is 6.92 Å². The van der Waals surface area contributed by atoms with Crippen molar-refractivity contribution >= 4 is 33.1 Å². The van der Waals surface area contributed by atoms with Gasteiger partial charge in [-0.1, -0.05) is 0 Å². The smallest absolute Gasteiger partial charge is 0.128 e. The van der Waals surface area contributed by atoms with E-state index in [9.17, 15) is 0 Å². The fourth-order valence-electron chi connectivity index (χ4n) is 2.24. The highest BCUT2D eigenvalue weighted by Gasteiger charge is 2.12. The fourth-order valence-corrected chi connectivity index (χ4v) is 3.30. The highest BCUT2D eigenvalue weighted by atomic mass is 32.1. The third kappa shape index (κ3) is 3.05. The van der Waals surface area contributed by atoms with E-state index in [-0.39, 0.29) is 0 Å². The molecule has 3 aromatic rings. The van der Waals surface area contributed by atoms with Crippen LogP contribution >= 0.6 is 11.3 Å². The third-order valence-electron chi connectivity index (χ3n) is 3.22. The highest BCUT2D eigenvalue weighted by Crippen LogP contribution is 2.37. The zero-order valence-corrected chi connectivity index (χ0v) is 13.5.